The van der Waals surface area contributed by atoms with Crippen molar-refractivity contribution in [1.29, 1.82) is 0 Å². The summed E-state index contributed by atoms with van der Waals surface area (Å²) in [6.07, 6.45) is 0.813. The molecule has 2 amide bonds. The lowest BCUT2D eigenvalue weighted by atomic mass is 10.2. The van der Waals surface area contributed by atoms with Gasteiger partial charge in [0.25, 0.3) is 5.91 Å². The van der Waals surface area contributed by atoms with Crippen LogP contribution in [0.3, 0.4) is 0 Å². The van der Waals surface area contributed by atoms with Crippen molar-refractivity contribution in [3.05, 3.63) is 71.3 Å². The molecule has 2 N–H and O–H groups in total. The molecule has 2 aromatic carbocycles. The quantitative estimate of drug-likeness (QED) is 0.598. The largest absolute Gasteiger partial charge is 0.355 e. The molecule has 1 aliphatic heterocycles. The van der Waals surface area contributed by atoms with Crippen LogP contribution in [0.25, 0.3) is 0 Å². The van der Waals surface area contributed by atoms with E-state index < -0.39 is 17.5 Å². The molecule has 1 saturated heterocycles. The first kappa shape index (κ1) is 22.8. The second-order valence-corrected chi connectivity index (χ2v) is 7.65. The third-order valence-corrected chi connectivity index (χ3v) is 5.22. The van der Waals surface area contributed by atoms with Gasteiger partial charge in [-0.15, -0.1) is 0 Å². The van der Waals surface area contributed by atoms with E-state index in [1.807, 2.05) is 6.07 Å². The van der Waals surface area contributed by atoms with Crippen molar-refractivity contribution >= 4 is 11.8 Å². The molecule has 166 valence electrons. The zero-order valence-electron chi connectivity index (χ0n) is 17.4. The van der Waals surface area contributed by atoms with Gasteiger partial charge in [-0.3, -0.25) is 14.5 Å². The van der Waals surface area contributed by atoms with Crippen LogP contribution >= 0.6 is 0 Å². The molecular formula is C23H28F2N4O2. The molecule has 0 bridgehead atoms. The number of carbonyl (C=O) groups is 2. The lowest BCUT2D eigenvalue weighted by Gasteiger charge is -2.34. The summed E-state index contributed by atoms with van der Waals surface area (Å²) in [7, 11) is 0. The van der Waals surface area contributed by atoms with Gasteiger partial charge in [0.05, 0.1) is 6.54 Å². The van der Waals surface area contributed by atoms with E-state index in [1.54, 1.807) is 0 Å². The average molecular weight is 430 g/mol. The number of halogens is 2. The van der Waals surface area contributed by atoms with E-state index in [2.05, 4.69) is 44.7 Å². The zero-order chi connectivity index (χ0) is 22.1. The molecule has 0 unspecified atom stereocenters. The summed E-state index contributed by atoms with van der Waals surface area (Å²) in [5.74, 6) is -2.70. The van der Waals surface area contributed by atoms with Crippen molar-refractivity contribution in [3.8, 4) is 0 Å². The molecule has 0 radical (unpaired) electrons. The highest BCUT2D eigenvalue weighted by molar-refractivity contribution is 5.96. The highest BCUT2D eigenvalue weighted by atomic mass is 19.1. The topological polar surface area (TPSA) is 64.7 Å². The van der Waals surface area contributed by atoms with Gasteiger partial charge >= 0.3 is 0 Å². The van der Waals surface area contributed by atoms with E-state index in [-0.39, 0.29) is 18.0 Å². The minimum absolute atomic E-state index is 0.156. The van der Waals surface area contributed by atoms with Gasteiger partial charge in [-0.25, -0.2) is 8.78 Å². The van der Waals surface area contributed by atoms with Crippen LogP contribution in [-0.4, -0.2) is 67.4 Å². The Hall–Kier alpha value is -2.84. The van der Waals surface area contributed by atoms with Crippen molar-refractivity contribution in [2.75, 3.05) is 45.8 Å². The molecule has 8 heteroatoms. The van der Waals surface area contributed by atoms with Crippen LogP contribution in [0.1, 0.15) is 22.3 Å². The Morgan fingerprint density at radius 3 is 2.19 bits per heavy atom. The molecule has 0 aromatic heterocycles. The molecule has 3 rings (SSSR count). The van der Waals surface area contributed by atoms with Crippen molar-refractivity contribution in [2.24, 2.45) is 0 Å². The number of piperazine rings is 1. The molecular weight excluding hydrogens is 402 g/mol. The maximum atomic E-state index is 13.2. The molecule has 0 spiro atoms. The molecule has 1 aliphatic rings. The first-order valence-electron chi connectivity index (χ1n) is 10.5. The van der Waals surface area contributed by atoms with Crippen LogP contribution in [0.5, 0.6) is 0 Å². The fourth-order valence-electron chi connectivity index (χ4n) is 3.55. The number of rotatable bonds is 9. The Kier molecular flexibility index (Phi) is 8.49. The summed E-state index contributed by atoms with van der Waals surface area (Å²) >= 11 is 0. The molecule has 31 heavy (non-hydrogen) atoms. The Balaban J connectivity index is 1.26. The standard InChI is InChI=1S/C23H28F2N4O2/c24-20-13-19(14-21(25)15-20)23(31)27-16-22(30)26-7-4-8-28-9-11-29(12-10-28)17-18-5-2-1-3-6-18/h1-3,5-6,13-15H,4,7-12,16-17H2,(H,26,30)(H,27,31). The van der Waals surface area contributed by atoms with Gasteiger partial charge in [0, 0.05) is 50.9 Å². The van der Waals surface area contributed by atoms with Gasteiger partial charge in [0.2, 0.25) is 5.91 Å². The maximum Gasteiger partial charge on any atom is 0.251 e. The van der Waals surface area contributed by atoms with Crippen LogP contribution in [0, 0.1) is 11.6 Å². The van der Waals surface area contributed by atoms with Gasteiger partial charge in [-0.2, -0.15) is 0 Å². The van der Waals surface area contributed by atoms with Crippen molar-refractivity contribution in [2.45, 2.75) is 13.0 Å². The van der Waals surface area contributed by atoms with Crippen molar-refractivity contribution in [1.82, 2.24) is 20.4 Å². The number of hydrogen-bond acceptors (Lipinski definition) is 4. The third-order valence-electron chi connectivity index (χ3n) is 5.22. The number of nitrogens with one attached hydrogen (secondary N) is 2. The first-order chi connectivity index (χ1) is 15.0. The molecule has 0 aliphatic carbocycles. The number of hydrogen-bond donors (Lipinski definition) is 2. The number of carbonyl (C=O) groups excluding carboxylic acids is 2. The Morgan fingerprint density at radius 1 is 0.871 bits per heavy atom. The van der Waals surface area contributed by atoms with Gasteiger partial charge in [-0.05, 0) is 30.7 Å². The smallest absolute Gasteiger partial charge is 0.251 e. The molecule has 6 nitrogen and oxygen atoms in total. The summed E-state index contributed by atoms with van der Waals surface area (Å²) in [6, 6.07) is 13.0. The normalized spacial score (nSPS) is 14.9. The minimum Gasteiger partial charge on any atom is -0.355 e. The van der Waals surface area contributed by atoms with Crippen LogP contribution < -0.4 is 10.6 Å². The highest BCUT2D eigenvalue weighted by Crippen LogP contribution is 2.09. The highest BCUT2D eigenvalue weighted by Gasteiger charge is 2.16. The number of nitrogens with zero attached hydrogens (tertiary/aromatic N) is 2. The van der Waals surface area contributed by atoms with Gasteiger partial charge < -0.3 is 15.5 Å². The van der Waals surface area contributed by atoms with Gasteiger partial charge in [-0.1, -0.05) is 30.3 Å². The van der Waals surface area contributed by atoms with E-state index in [0.717, 1.165) is 57.8 Å². The molecule has 1 fully saturated rings. The second-order valence-electron chi connectivity index (χ2n) is 7.65. The average Bonchev–Trinajstić information content (AvgIpc) is 2.76. The fourth-order valence-corrected chi connectivity index (χ4v) is 3.55. The monoisotopic (exact) mass is 430 g/mol. The molecule has 1 heterocycles. The lowest BCUT2D eigenvalue weighted by Crippen LogP contribution is -2.46. The Morgan fingerprint density at radius 2 is 1.52 bits per heavy atom. The van der Waals surface area contributed by atoms with E-state index in [1.165, 1.54) is 5.56 Å². The zero-order valence-corrected chi connectivity index (χ0v) is 17.4. The van der Waals surface area contributed by atoms with Gasteiger partial charge in [0.1, 0.15) is 11.6 Å². The molecule has 0 saturated carbocycles. The summed E-state index contributed by atoms with van der Waals surface area (Å²) in [4.78, 5) is 28.6. The minimum atomic E-state index is -0.837. The van der Waals surface area contributed by atoms with Crippen molar-refractivity contribution < 1.29 is 18.4 Å². The van der Waals surface area contributed by atoms with Crippen molar-refractivity contribution in [3.63, 3.8) is 0 Å². The maximum absolute atomic E-state index is 13.2. The number of amides is 2. The summed E-state index contributed by atoms with van der Waals surface area (Å²) < 4.78 is 26.3. The van der Waals surface area contributed by atoms with E-state index in [9.17, 15) is 18.4 Å². The van der Waals surface area contributed by atoms with E-state index in [4.69, 9.17) is 0 Å². The predicted molar refractivity (Wildman–Crippen MR) is 114 cm³/mol. The van der Waals surface area contributed by atoms with E-state index >= 15 is 0 Å². The summed E-state index contributed by atoms with van der Waals surface area (Å²) in [5.41, 5.74) is 1.17. The molecule has 2 aromatic rings. The van der Waals surface area contributed by atoms with Crippen LogP contribution in [0.15, 0.2) is 48.5 Å². The second kappa shape index (κ2) is 11.5. The summed E-state index contributed by atoms with van der Waals surface area (Å²) in [6.45, 7) is 6.18. The Bertz CT molecular complexity index is 851. The Labute approximate surface area is 181 Å². The molecule has 0 atom stereocenters. The van der Waals surface area contributed by atoms with Crippen LogP contribution in [0.4, 0.5) is 8.78 Å². The van der Waals surface area contributed by atoms with Crippen LogP contribution in [-0.2, 0) is 11.3 Å². The third kappa shape index (κ3) is 7.73. The first-order valence-corrected chi connectivity index (χ1v) is 10.5. The lowest BCUT2D eigenvalue weighted by molar-refractivity contribution is -0.120. The predicted octanol–water partition coefficient (Wildman–Crippen LogP) is 2.02. The van der Waals surface area contributed by atoms with Crippen LogP contribution in [0.2, 0.25) is 0 Å². The van der Waals surface area contributed by atoms with Gasteiger partial charge in [0.15, 0.2) is 0 Å². The number of benzene rings is 2. The summed E-state index contributed by atoms with van der Waals surface area (Å²) in [5, 5.41) is 5.12. The van der Waals surface area contributed by atoms with E-state index in [0.29, 0.717) is 12.6 Å². The SMILES string of the molecule is O=C(CNC(=O)c1cc(F)cc(F)c1)NCCCN1CCN(Cc2ccccc2)CC1. The fraction of sp³-hybridized carbons (Fsp3) is 0.391.